The third kappa shape index (κ3) is 2.44. The fourth-order valence-corrected chi connectivity index (χ4v) is 1.71. The maximum atomic E-state index is 12.3. The molecule has 0 unspecified atom stereocenters. The summed E-state index contributed by atoms with van der Waals surface area (Å²) in [4.78, 5) is 13.6. The van der Waals surface area contributed by atoms with Crippen molar-refractivity contribution >= 4 is 17.3 Å². The van der Waals surface area contributed by atoms with E-state index in [0.29, 0.717) is 5.69 Å². The van der Waals surface area contributed by atoms with E-state index in [4.69, 9.17) is 5.73 Å². The highest BCUT2D eigenvalue weighted by Gasteiger charge is 2.18. The molecule has 2 aromatic rings. The lowest BCUT2D eigenvalue weighted by molar-refractivity contribution is 0.0990. The second kappa shape index (κ2) is 4.89. The average Bonchev–Trinajstić information content (AvgIpc) is 2.41. The van der Waals surface area contributed by atoms with Crippen LogP contribution in [0.15, 0.2) is 42.5 Å². The van der Waals surface area contributed by atoms with Crippen molar-refractivity contribution in [2.24, 2.45) is 0 Å². The summed E-state index contributed by atoms with van der Waals surface area (Å²) in [7, 11) is 1.58. The maximum Gasteiger partial charge on any atom is 0.261 e. The van der Waals surface area contributed by atoms with Gasteiger partial charge >= 0.3 is 0 Å². The van der Waals surface area contributed by atoms with Crippen molar-refractivity contribution in [2.75, 3.05) is 17.7 Å². The molecular weight excluding hydrogens is 244 g/mol. The molecule has 0 saturated heterocycles. The first-order chi connectivity index (χ1) is 9.00. The Morgan fingerprint density at radius 3 is 2.37 bits per heavy atom. The lowest BCUT2D eigenvalue weighted by Gasteiger charge is -2.18. The van der Waals surface area contributed by atoms with Gasteiger partial charge in [0.1, 0.15) is 5.75 Å². The summed E-state index contributed by atoms with van der Waals surface area (Å²) >= 11 is 0. The third-order valence-electron chi connectivity index (χ3n) is 2.84. The number of benzene rings is 2. The average molecular weight is 258 g/mol. The second-order valence-corrected chi connectivity index (χ2v) is 4.12. The minimum absolute atomic E-state index is 0.122. The molecule has 1 amide bonds. The Morgan fingerprint density at radius 1 is 1.11 bits per heavy atom. The number of phenolic OH excluding ortho intramolecular Hbond substituents is 2. The topological polar surface area (TPSA) is 86.8 Å². The summed E-state index contributed by atoms with van der Waals surface area (Å²) in [6.45, 7) is 0. The first-order valence-electron chi connectivity index (χ1n) is 5.65. The zero-order valence-electron chi connectivity index (χ0n) is 10.4. The molecule has 0 aliphatic carbocycles. The molecule has 2 rings (SSSR count). The Bertz CT molecular complexity index is 609. The normalized spacial score (nSPS) is 10.2. The van der Waals surface area contributed by atoms with E-state index in [-0.39, 0.29) is 28.7 Å². The molecule has 0 aliphatic rings. The second-order valence-electron chi connectivity index (χ2n) is 4.12. The van der Waals surface area contributed by atoms with E-state index in [0.717, 1.165) is 0 Å². The molecule has 0 aliphatic heterocycles. The molecule has 0 bridgehead atoms. The number of amides is 1. The molecule has 19 heavy (non-hydrogen) atoms. The van der Waals surface area contributed by atoms with Gasteiger partial charge in [-0.2, -0.15) is 0 Å². The van der Waals surface area contributed by atoms with Gasteiger partial charge in [0.15, 0.2) is 5.75 Å². The van der Waals surface area contributed by atoms with Crippen LogP contribution >= 0.6 is 0 Å². The van der Waals surface area contributed by atoms with E-state index in [9.17, 15) is 15.0 Å². The van der Waals surface area contributed by atoms with Crippen molar-refractivity contribution in [3.05, 3.63) is 48.0 Å². The first-order valence-corrected chi connectivity index (χ1v) is 5.65. The quantitative estimate of drug-likeness (QED) is 0.567. The summed E-state index contributed by atoms with van der Waals surface area (Å²) < 4.78 is 0. The summed E-state index contributed by atoms with van der Waals surface area (Å²) in [5.41, 5.74) is 6.46. The standard InChI is InChI=1S/C14H14N2O3/c1-16(9-5-7-10(17)8-6-9)14(19)11-3-2-4-12(15)13(11)18/h2-8,17-18H,15H2,1H3. The summed E-state index contributed by atoms with van der Waals surface area (Å²) in [5, 5.41) is 19.0. The van der Waals surface area contributed by atoms with Crippen LogP contribution in [0, 0.1) is 0 Å². The zero-order chi connectivity index (χ0) is 14.0. The van der Waals surface area contributed by atoms with E-state index >= 15 is 0 Å². The number of nitrogen functional groups attached to an aromatic ring is 1. The van der Waals surface area contributed by atoms with Gasteiger partial charge in [0.2, 0.25) is 0 Å². The number of hydrogen-bond donors (Lipinski definition) is 3. The Kier molecular flexibility index (Phi) is 3.29. The van der Waals surface area contributed by atoms with Crippen molar-refractivity contribution in [2.45, 2.75) is 0 Å². The minimum Gasteiger partial charge on any atom is -0.508 e. The zero-order valence-corrected chi connectivity index (χ0v) is 10.4. The van der Waals surface area contributed by atoms with Crippen molar-refractivity contribution in [3.63, 3.8) is 0 Å². The molecule has 98 valence electrons. The van der Waals surface area contributed by atoms with E-state index in [1.54, 1.807) is 25.2 Å². The molecule has 0 atom stereocenters. The molecule has 5 heteroatoms. The van der Waals surface area contributed by atoms with Crippen molar-refractivity contribution < 1.29 is 15.0 Å². The van der Waals surface area contributed by atoms with Gasteiger partial charge in [0.05, 0.1) is 11.3 Å². The lowest BCUT2D eigenvalue weighted by atomic mass is 10.1. The molecule has 0 heterocycles. The number of phenols is 2. The van der Waals surface area contributed by atoms with Crippen molar-refractivity contribution in [1.82, 2.24) is 0 Å². The number of carbonyl (C=O) groups is 1. The van der Waals surface area contributed by atoms with Crippen LogP contribution in [0.1, 0.15) is 10.4 Å². The fourth-order valence-electron chi connectivity index (χ4n) is 1.71. The monoisotopic (exact) mass is 258 g/mol. The van der Waals surface area contributed by atoms with E-state index in [2.05, 4.69) is 0 Å². The Hall–Kier alpha value is -2.69. The summed E-state index contributed by atoms with van der Waals surface area (Å²) in [6, 6.07) is 10.8. The van der Waals surface area contributed by atoms with Crippen LogP contribution in [-0.4, -0.2) is 23.2 Å². The smallest absolute Gasteiger partial charge is 0.261 e. The van der Waals surface area contributed by atoms with E-state index < -0.39 is 0 Å². The Balaban J connectivity index is 2.33. The number of carbonyl (C=O) groups excluding carboxylic acids is 1. The van der Waals surface area contributed by atoms with Crippen LogP contribution in [0.3, 0.4) is 0 Å². The molecule has 5 nitrogen and oxygen atoms in total. The molecule has 2 aromatic carbocycles. The van der Waals surface area contributed by atoms with Crippen LogP contribution in [0.5, 0.6) is 11.5 Å². The van der Waals surface area contributed by atoms with E-state index in [1.807, 2.05) is 0 Å². The molecule has 0 spiro atoms. The highest BCUT2D eigenvalue weighted by molar-refractivity contribution is 6.08. The van der Waals surface area contributed by atoms with Gasteiger partial charge in [0.25, 0.3) is 5.91 Å². The van der Waals surface area contributed by atoms with E-state index in [1.165, 1.54) is 29.2 Å². The number of rotatable bonds is 2. The van der Waals surface area contributed by atoms with Crippen LogP contribution in [0.4, 0.5) is 11.4 Å². The van der Waals surface area contributed by atoms with Crippen LogP contribution < -0.4 is 10.6 Å². The molecule has 0 aromatic heterocycles. The number of hydrogen-bond acceptors (Lipinski definition) is 4. The highest BCUT2D eigenvalue weighted by atomic mass is 16.3. The molecule has 0 radical (unpaired) electrons. The molecular formula is C14H14N2O3. The number of nitrogens with two attached hydrogens (primary N) is 1. The van der Waals surface area contributed by atoms with Crippen molar-refractivity contribution in [3.8, 4) is 11.5 Å². The SMILES string of the molecule is CN(C(=O)c1cccc(N)c1O)c1ccc(O)cc1. The predicted octanol–water partition coefficient (Wildman–Crippen LogP) is 1.96. The van der Waals surface area contributed by atoms with Gasteiger partial charge in [-0.25, -0.2) is 0 Å². The molecule has 0 saturated carbocycles. The van der Waals surface area contributed by atoms with Gasteiger partial charge in [0, 0.05) is 12.7 Å². The number of para-hydroxylation sites is 1. The number of nitrogens with zero attached hydrogens (tertiary/aromatic N) is 1. The summed E-state index contributed by atoms with van der Waals surface area (Å²) in [6.07, 6.45) is 0. The maximum absolute atomic E-state index is 12.3. The largest absolute Gasteiger partial charge is 0.508 e. The first kappa shape index (κ1) is 12.8. The number of anilines is 2. The van der Waals surface area contributed by atoms with Gasteiger partial charge in [-0.1, -0.05) is 6.07 Å². The third-order valence-corrected chi connectivity index (χ3v) is 2.84. The molecule has 0 fully saturated rings. The van der Waals surface area contributed by atoms with Gasteiger partial charge in [-0.3, -0.25) is 4.79 Å². The lowest BCUT2D eigenvalue weighted by Crippen LogP contribution is -2.26. The minimum atomic E-state index is -0.379. The molecule has 4 N–H and O–H groups in total. The Morgan fingerprint density at radius 2 is 1.74 bits per heavy atom. The van der Waals surface area contributed by atoms with Crippen LogP contribution in [-0.2, 0) is 0 Å². The highest BCUT2D eigenvalue weighted by Crippen LogP contribution is 2.27. The van der Waals surface area contributed by atoms with Crippen LogP contribution in [0.25, 0.3) is 0 Å². The predicted molar refractivity (Wildman–Crippen MR) is 73.4 cm³/mol. The van der Waals surface area contributed by atoms with Crippen LogP contribution in [0.2, 0.25) is 0 Å². The Labute approximate surface area is 110 Å². The number of aromatic hydroxyl groups is 2. The van der Waals surface area contributed by atoms with Crippen molar-refractivity contribution in [1.29, 1.82) is 0 Å². The van der Waals surface area contributed by atoms with Gasteiger partial charge in [-0.15, -0.1) is 0 Å². The van der Waals surface area contributed by atoms with Gasteiger partial charge < -0.3 is 20.8 Å². The fraction of sp³-hybridized carbons (Fsp3) is 0.0714. The van der Waals surface area contributed by atoms with Gasteiger partial charge in [-0.05, 0) is 36.4 Å². The summed E-state index contributed by atoms with van der Waals surface area (Å²) in [5.74, 6) is -0.481.